The fourth-order valence-corrected chi connectivity index (χ4v) is 2.18. The van der Waals surface area contributed by atoms with Crippen LogP contribution in [-0.4, -0.2) is 16.8 Å². The molecule has 1 aliphatic rings. The molecule has 1 heterocycles. The van der Waals surface area contributed by atoms with E-state index in [2.05, 4.69) is 4.99 Å². The van der Waals surface area contributed by atoms with Crippen LogP contribution in [0.5, 0.6) is 0 Å². The van der Waals surface area contributed by atoms with Crippen LogP contribution < -0.4 is 0 Å². The van der Waals surface area contributed by atoms with Crippen molar-refractivity contribution < 1.29 is 27.6 Å². The summed E-state index contributed by atoms with van der Waals surface area (Å²) in [4.78, 5) is 25.9. The van der Waals surface area contributed by atoms with E-state index in [1.807, 2.05) is 0 Å². The summed E-state index contributed by atoms with van der Waals surface area (Å²) in [5.74, 6) is -0.804. The first-order valence-corrected chi connectivity index (χ1v) is 7.19. The zero-order valence-corrected chi connectivity index (χ0v) is 12.9. The summed E-state index contributed by atoms with van der Waals surface area (Å²) in [6.07, 6.45) is -3.15. The third-order valence-corrected chi connectivity index (χ3v) is 3.49. The fraction of sp³-hybridized carbons (Fsp3) is 0.0588. The molecule has 2 aromatic rings. The molecule has 0 unspecified atom stereocenters. The second kappa shape index (κ2) is 6.43. The second-order valence-corrected chi connectivity index (χ2v) is 5.26. The molecule has 1 aliphatic heterocycles. The molecule has 0 spiro atoms. The standard InChI is InChI=1S/C17H9F3N2O4/c18-17(19,20)12-5-1-10(2-6-12)9-14-16(23)26-15(21-14)11-3-7-13(8-4-11)22(24)25/h1-9H/b14-9-. The number of carbonyl (C=O) groups excluding carboxylic acids is 1. The van der Waals surface area contributed by atoms with Gasteiger partial charge in [-0.15, -0.1) is 0 Å². The molecule has 0 bridgehead atoms. The first-order chi connectivity index (χ1) is 12.2. The van der Waals surface area contributed by atoms with Gasteiger partial charge < -0.3 is 4.74 Å². The van der Waals surface area contributed by atoms with Crippen molar-refractivity contribution in [2.24, 2.45) is 4.99 Å². The summed E-state index contributed by atoms with van der Waals surface area (Å²) in [6.45, 7) is 0. The molecule has 26 heavy (non-hydrogen) atoms. The Balaban J connectivity index is 1.85. The van der Waals surface area contributed by atoms with Crippen LogP contribution >= 0.6 is 0 Å². The number of ether oxygens (including phenoxy) is 1. The Morgan fingerprint density at radius 1 is 1.04 bits per heavy atom. The number of aliphatic imine (C=N–C) groups is 1. The summed E-state index contributed by atoms with van der Waals surface area (Å²) in [5, 5.41) is 10.6. The molecule has 0 amide bonds. The summed E-state index contributed by atoms with van der Waals surface area (Å²) in [7, 11) is 0. The van der Waals surface area contributed by atoms with Gasteiger partial charge in [0.25, 0.3) is 5.69 Å². The van der Waals surface area contributed by atoms with Gasteiger partial charge in [-0.3, -0.25) is 10.1 Å². The maximum atomic E-state index is 12.6. The lowest BCUT2D eigenvalue weighted by Gasteiger charge is -2.05. The van der Waals surface area contributed by atoms with Crippen LogP contribution in [0.4, 0.5) is 18.9 Å². The highest BCUT2D eigenvalue weighted by molar-refractivity contribution is 6.12. The van der Waals surface area contributed by atoms with Gasteiger partial charge in [-0.25, -0.2) is 9.79 Å². The minimum absolute atomic E-state index is 0.0388. The van der Waals surface area contributed by atoms with Crippen LogP contribution in [0.1, 0.15) is 16.7 Å². The number of hydrogen-bond acceptors (Lipinski definition) is 5. The lowest BCUT2D eigenvalue weighted by Crippen LogP contribution is -2.05. The number of rotatable bonds is 3. The summed E-state index contributed by atoms with van der Waals surface area (Å²) >= 11 is 0. The van der Waals surface area contributed by atoms with E-state index in [0.717, 1.165) is 12.1 Å². The van der Waals surface area contributed by atoms with Crippen LogP contribution in [0, 0.1) is 10.1 Å². The molecule has 0 aromatic heterocycles. The fourth-order valence-electron chi connectivity index (χ4n) is 2.18. The number of nitro groups is 1. The minimum Gasteiger partial charge on any atom is -0.402 e. The molecular formula is C17H9F3N2O4. The van der Waals surface area contributed by atoms with E-state index in [4.69, 9.17) is 4.74 Å². The average Bonchev–Trinajstić information content (AvgIpc) is 2.95. The molecule has 6 nitrogen and oxygen atoms in total. The van der Waals surface area contributed by atoms with E-state index in [1.54, 1.807) is 0 Å². The van der Waals surface area contributed by atoms with Crippen molar-refractivity contribution in [3.8, 4) is 0 Å². The Labute approximate surface area is 144 Å². The van der Waals surface area contributed by atoms with E-state index in [-0.39, 0.29) is 17.3 Å². The number of esters is 1. The highest BCUT2D eigenvalue weighted by Gasteiger charge is 2.30. The van der Waals surface area contributed by atoms with Crippen molar-refractivity contribution in [2.45, 2.75) is 6.18 Å². The van der Waals surface area contributed by atoms with Gasteiger partial charge in [0.15, 0.2) is 5.70 Å². The molecule has 9 heteroatoms. The van der Waals surface area contributed by atoms with Gasteiger partial charge in [0.1, 0.15) is 0 Å². The smallest absolute Gasteiger partial charge is 0.402 e. The van der Waals surface area contributed by atoms with Crippen molar-refractivity contribution in [1.29, 1.82) is 0 Å². The maximum Gasteiger partial charge on any atom is 0.416 e. The molecule has 2 aromatic carbocycles. The van der Waals surface area contributed by atoms with E-state index in [0.29, 0.717) is 11.1 Å². The van der Waals surface area contributed by atoms with E-state index in [9.17, 15) is 28.1 Å². The van der Waals surface area contributed by atoms with Gasteiger partial charge >= 0.3 is 12.1 Å². The van der Waals surface area contributed by atoms with Crippen LogP contribution in [-0.2, 0) is 15.7 Å². The first kappa shape index (κ1) is 17.3. The Hall–Kier alpha value is -3.49. The Kier molecular flexibility index (Phi) is 4.29. The number of benzene rings is 2. The first-order valence-electron chi connectivity index (χ1n) is 7.19. The molecule has 3 rings (SSSR count). The van der Waals surface area contributed by atoms with Crippen molar-refractivity contribution in [3.05, 3.63) is 81.0 Å². The number of halogens is 3. The van der Waals surface area contributed by atoms with E-state index < -0.39 is 22.6 Å². The van der Waals surface area contributed by atoms with Crippen LogP contribution in [0.25, 0.3) is 6.08 Å². The molecule has 0 aliphatic carbocycles. The molecule has 132 valence electrons. The predicted molar refractivity (Wildman–Crippen MR) is 85.1 cm³/mol. The third kappa shape index (κ3) is 3.61. The number of nitrogens with zero attached hydrogens (tertiary/aromatic N) is 2. The molecule has 0 fully saturated rings. The normalized spacial score (nSPS) is 15.7. The van der Waals surface area contributed by atoms with Gasteiger partial charge in [0.05, 0.1) is 10.5 Å². The zero-order chi connectivity index (χ0) is 18.9. The summed E-state index contributed by atoms with van der Waals surface area (Å²) in [5.41, 5.74) is -0.306. The number of non-ortho nitro benzene ring substituents is 1. The SMILES string of the molecule is O=C1OC(c2ccc([N+](=O)[O-])cc2)=N/C1=C\c1ccc(C(F)(F)F)cc1. The highest BCUT2D eigenvalue weighted by atomic mass is 19.4. The Morgan fingerprint density at radius 2 is 1.65 bits per heavy atom. The molecular weight excluding hydrogens is 353 g/mol. The highest BCUT2D eigenvalue weighted by Crippen LogP contribution is 2.29. The third-order valence-electron chi connectivity index (χ3n) is 3.49. The lowest BCUT2D eigenvalue weighted by atomic mass is 10.1. The average molecular weight is 362 g/mol. The number of carbonyl (C=O) groups is 1. The van der Waals surface area contributed by atoms with Crippen LogP contribution in [0.2, 0.25) is 0 Å². The zero-order valence-electron chi connectivity index (χ0n) is 12.9. The lowest BCUT2D eigenvalue weighted by molar-refractivity contribution is -0.384. The van der Waals surface area contributed by atoms with Crippen molar-refractivity contribution in [1.82, 2.24) is 0 Å². The maximum absolute atomic E-state index is 12.6. The quantitative estimate of drug-likeness (QED) is 0.358. The topological polar surface area (TPSA) is 81.8 Å². The molecule has 0 saturated heterocycles. The van der Waals surface area contributed by atoms with Crippen molar-refractivity contribution in [3.63, 3.8) is 0 Å². The predicted octanol–water partition coefficient (Wildman–Crippen LogP) is 3.96. The molecule has 0 radical (unpaired) electrons. The van der Waals surface area contributed by atoms with Gasteiger partial charge in [-0.2, -0.15) is 13.2 Å². The minimum atomic E-state index is -4.45. The van der Waals surface area contributed by atoms with E-state index >= 15 is 0 Å². The Bertz CT molecular complexity index is 930. The van der Waals surface area contributed by atoms with Gasteiger partial charge in [-0.05, 0) is 35.9 Å². The summed E-state index contributed by atoms with van der Waals surface area (Å²) in [6, 6.07) is 9.45. The monoisotopic (exact) mass is 362 g/mol. The van der Waals surface area contributed by atoms with Crippen molar-refractivity contribution >= 4 is 23.6 Å². The molecule has 0 saturated carbocycles. The number of nitro benzene ring substituents is 1. The Morgan fingerprint density at radius 3 is 2.19 bits per heavy atom. The number of alkyl halides is 3. The van der Waals surface area contributed by atoms with Gasteiger partial charge in [-0.1, -0.05) is 12.1 Å². The summed E-state index contributed by atoms with van der Waals surface area (Å²) < 4.78 is 42.7. The van der Waals surface area contributed by atoms with Gasteiger partial charge in [0.2, 0.25) is 5.90 Å². The largest absolute Gasteiger partial charge is 0.416 e. The number of cyclic esters (lactones) is 1. The van der Waals surface area contributed by atoms with E-state index in [1.165, 1.54) is 42.5 Å². The molecule has 0 atom stereocenters. The van der Waals surface area contributed by atoms with Gasteiger partial charge in [0, 0.05) is 17.7 Å². The van der Waals surface area contributed by atoms with Crippen LogP contribution in [0.15, 0.2) is 59.2 Å². The second-order valence-electron chi connectivity index (χ2n) is 5.26. The molecule has 0 N–H and O–H groups in total. The number of hydrogen-bond donors (Lipinski definition) is 0. The van der Waals surface area contributed by atoms with Crippen molar-refractivity contribution in [2.75, 3.05) is 0 Å². The van der Waals surface area contributed by atoms with Crippen LogP contribution in [0.3, 0.4) is 0 Å².